The molecular formula is C10H12N2O. The number of piperidine rings is 1. The van der Waals surface area contributed by atoms with Gasteiger partial charge >= 0.3 is 0 Å². The van der Waals surface area contributed by atoms with Gasteiger partial charge in [0.1, 0.15) is 0 Å². The third kappa shape index (κ3) is 2.49. The Labute approximate surface area is 78.3 Å². The Kier molecular flexibility index (Phi) is 3.34. The van der Waals surface area contributed by atoms with Gasteiger partial charge in [0, 0.05) is 19.0 Å². The third-order valence-corrected chi connectivity index (χ3v) is 2.20. The van der Waals surface area contributed by atoms with Crippen molar-refractivity contribution in [2.75, 3.05) is 13.1 Å². The molecule has 0 aromatic heterocycles. The number of hydrogen-bond acceptors (Lipinski definition) is 2. The predicted octanol–water partition coefficient (Wildman–Crippen LogP) is 0.772. The van der Waals surface area contributed by atoms with Crippen LogP contribution in [0.5, 0.6) is 0 Å². The second-order valence-electron chi connectivity index (χ2n) is 3.07. The molecule has 0 spiro atoms. The van der Waals surface area contributed by atoms with Crippen molar-refractivity contribution in [1.29, 1.82) is 5.26 Å². The molecule has 0 aromatic carbocycles. The van der Waals surface area contributed by atoms with Crippen molar-refractivity contribution >= 4 is 5.91 Å². The zero-order valence-corrected chi connectivity index (χ0v) is 7.71. The summed E-state index contributed by atoms with van der Waals surface area (Å²) in [5.41, 5.74) is 0. The number of nitrogens with zero attached hydrogens (tertiary/aromatic N) is 2. The first-order valence-corrected chi connectivity index (χ1v) is 4.39. The topological polar surface area (TPSA) is 44.1 Å². The highest BCUT2D eigenvalue weighted by Gasteiger charge is 2.20. The zero-order valence-electron chi connectivity index (χ0n) is 7.71. The summed E-state index contributed by atoms with van der Waals surface area (Å²) in [6.45, 7) is 3.00. The number of hydrogen-bond donors (Lipinski definition) is 0. The monoisotopic (exact) mass is 176 g/mol. The van der Waals surface area contributed by atoms with Crippen LogP contribution in [0, 0.1) is 29.1 Å². The molecule has 68 valence electrons. The number of likely N-dealkylation sites (tertiary alicyclic amines) is 1. The molecule has 1 amide bonds. The first-order chi connectivity index (χ1) is 6.27. The van der Waals surface area contributed by atoms with Crippen LogP contribution in [0.3, 0.4) is 0 Å². The average Bonchev–Trinajstić information content (AvgIpc) is 2.18. The molecular weight excluding hydrogens is 164 g/mol. The number of carbonyl (C=O) groups excluding carboxylic acids is 1. The van der Waals surface area contributed by atoms with Crippen molar-refractivity contribution in [2.24, 2.45) is 5.92 Å². The van der Waals surface area contributed by atoms with Crippen LogP contribution in [-0.4, -0.2) is 23.9 Å². The van der Waals surface area contributed by atoms with Crippen molar-refractivity contribution in [3.8, 4) is 17.9 Å². The molecule has 0 aliphatic carbocycles. The molecule has 1 saturated heterocycles. The molecule has 1 heterocycles. The minimum atomic E-state index is -0.112. The van der Waals surface area contributed by atoms with Gasteiger partial charge in [-0.3, -0.25) is 4.79 Å². The Morgan fingerprint density at radius 3 is 2.54 bits per heavy atom. The summed E-state index contributed by atoms with van der Waals surface area (Å²) < 4.78 is 0. The molecule has 0 saturated carbocycles. The minimum Gasteiger partial charge on any atom is -0.332 e. The smallest absolute Gasteiger partial charge is 0.298 e. The van der Waals surface area contributed by atoms with E-state index in [-0.39, 0.29) is 11.8 Å². The summed E-state index contributed by atoms with van der Waals surface area (Å²) in [4.78, 5) is 13.0. The molecule has 0 N–H and O–H groups in total. The van der Waals surface area contributed by atoms with Crippen LogP contribution >= 0.6 is 0 Å². The van der Waals surface area contributed by atoms with Gasteiger partial charge in [-0.15, -0.1) is 0 Å². The van der Waals surface area contributed by atoms with E-state index in [0.29, 0.717) is 13.1 Å². The van der Waals surface area contributed by atoms with Crippen molar-refractivity contribution in [3.05, 3.63) is 0 Å². The second-order valence-corrected chi connectivity index (χ2v) is 3.07. The van der Waals surface area contributed by atoms with Gasteiger partial charge < -0.3 is 4.90 Å². The second kappa shape index (κ2) is 4.52. The highest BCUT2D eigenvalue weighted by Crippen LogP contribution is 2.15. The van der Waals surface area contributed by atoms with Gasteiger partial charge in [0.05, 0.1) is 6.07 Å². The largest absolute Gasteiger partial charge is 0.332 e. The van der Waals surface area contributed by atoms with Crippen LogP contribution < -0.4 is 0 Å². The van der Waals surface area contributed by atoms with Crippen LogP contribution in [0.25, 0.3) is 0 Å². The van der Waals surface area contributed by atoms with E-state index in [4.69, 9.17) is 5.26 Å². The van der Waals surface area contributed by atoms with Gasteiger partial charge in [0.15, 0.2) is 0 Å². The van der Waals surface area contributed by atoms with E-state index in [1.807, 2.05) is 0 Å². The van der Waals surface area contributed by atoms with Crippen LogP contribution in [0.1, 0.15) is 19.8 Å². The Hall–Kier alpha value is -1.48. The molecule has 0 unspecified atom stereocenters. The van der Waals surface area contributed by atoms with E-state index in [0.717, 1.165) is 12.8 Å². The van der Waals surface area contributed by atoms with E-state index in [2.05, 4.69) is 17.9 Å². The molecule has 1 aliphatic rings. The lowest BCUT2D eigenvalue weighted by molar-refractivity contribution is -0.126. The molecule has 0 atom stereocenters. The maximum Gasteiger partial charge on any atom is 0.298 e. The lowest BCUT2D eigenvalue weighted by Gasteiger charge is -2.27. The number of nitriles is 1. The lowest BCUT2D eigenvalue weighted by Crippen LogP contribution is -2.37. The lowest BCUT2D eigenvalue weighted by atomic mass is 9.99. The first-order valence-electron chi connectivity index (χ1n) is 4.39. The Morgan fingerprint density at radius 2 is 2.08 bits per heavy atom. The summed E-state index contributed by atoms with van der Waals surface area (Å²) in [7, 11) is 0. The molecule has 3 heteroatoms. The van der Waals surface area contributed by atoms with E-state index in [9.17, 15) is 4.79 Å². The predicted molar refractivity (Wildman–Crippen MR) is 48.4 cm³/mol. The third-order valence-electron chi connectivity index (χ3n) is 2.20. The van der Waals surface area contributed by atoms with E-state index < -0.39 is 0 Å². The Morgan fingerprint density at radius 1 is 1.46 bits per heavy atom. The fourth-order valence-corrected chi connectivity index (χ4v) is 1.40. The highest BCUT2D eigenvalue weighted by molar-refractivity contribution is 5.93. The van der Waals surface area contributed by atoms with Crippen LogP contribution in [0.4, 0.5) is 0 Å². The van der Waals surface area contributed by atoms with Crippen molar-refractivity contribution in [3.63, 3.8) is 0 Å². The number of carbonyl (C=O) groups is 1. The summed E-state index contributed by atoms with van der Waals surface area (Å²) in [6.07, 6.45) is 1.57. The quantitative estimate of drug-likeness (QED) is 0.512. The van der Waals surface area contributed by atoms with Gasteiger partial charge in [-0.05, 0) is 25.7 Å². The summed E-state index contributed by atoms with van der Waals surface area (Å²) >= 11 is 0. The highest BCUT2D eigenvalue weighted by atomic mass is 16.2. The average molecular weight is 176 g/mol. The summed E-state index contributed by atoms with van der Waals surface area (Å²) in [5.74, 6) is 5.10. The van der Waals surface area contributed by atoms with Crippen molar-refractivity contribution in [1.82, 2.24) is 4.90 Å². The van der Waals surface area contributed by atoms with Gasteiger partial charge in [-0.25, -0.2) is 0 Å². The Balaban J connectivity index is 2.45. The fraction of sp³-hybridized carbons (Fsp3) is 0.600. The molecule has 3 nitrogen and oxygen atoms in total. The van der Waals surface area contributed by atoms with Gasteiger partial charge in [-0.2, -0.15) is 5.26 Å². The molecule has 0 radical (unpaired) electrons. The maximum atomic E-state index is 11.3. The fourth-order valence-electron chi connectivity index (χ4n) is 1.40. The molecule has 0 bridgehead atoms. The van der Waals surface area contributed by atoms with Crippen molar-refractivity contribution in [2.45, 2.75) is 19.8 Å². The van der Waals surface area contributed by atoms with E-state index in [1.165, 1.54) is 0 Å². The van der Waals surface area contributed by atoms with E-state index in [1.54, 1.807) is 11.8 Å². The molecule has 13 heavy (non-hydrogen) atoms. The van der Waals surface area contributed by atoms with Crippen LogP contribution in [-0.2, 0) is 4.79 Å². The van der Waals surface area contributed by atoms with Crippen molar-refractivity contribution < 1.29 is 4.79 Å². The molecule has 1 rings (SSSR count). The summed E-state index contributed by atoms with van der Waals surface area (Å²) in [6, 6.07) is 2.22. The standard InChI is InChI=1S/C10H12N2O/c1-2-3-10(13)12-6-4-9(8-11)5-7-12/h9H,4-7H2,1H3. The van der Waals surface area contributed by atoms with Gasteiger partial charge in [0.2, 0.25) is 0 Å². The van der Waals surface area contributed by atoms with Crippen LogP contribution in [0.2, 0.25) is 0 Å². The maximum absolute atomic E-state index is 11.3. The molecule has 1 aliphatic heterocycles. The Bertz CT molecular complexity index is 284. The zero-order chi connectivity index (χ0) is 9.68. The number of amides is 1. The van der Waals surface area contributed by atoms with Crippen LogP contribution in [0.15, 0.2) is 0 Å². The SMILES string of the molecule is CC#CC(=O)N1CCC(C#N)CC1. The first kappa shape index (κ1) is 9.61. The van der Waals surface area contributed by atoms with Gasteiger partial charge in [0.25, 0.3) is 5.91 Å². The normalized spacial score (nSPS) is 17.1. The van der Waals surface area contributed by atoms with E-state index >= 15 is 0 Å². The van der Waals surface area contributed by atoms with Gasteiger partial charge in [-0.1, -0.05) is 5.92 Å². The number of rotatable bonds is 0. The molecule has 0 aromatic rings. The molecule has 1 fully saturated rings. The summed E-state index contributed by atoms with van der Waals surface area (Å²) in [5, 5.41) is 8.64. The minimum absolute atomic E-state index is 0.112.